The van der Waals surface area contributed by atoms with E-state index in [1.807, 2.05) is 0 Å². The number of hydrogen-bond acceptors (Lipinski definition) is 4. The predicted molar refractivity (Wildman–Crippen MR) is 49.4 cm³/mol. The van der Waals surface area contributed by atoms with Crippen LogP contribution in [-0.2, 0) is 14.3 Å². The summed E-state index contributed by atoms with van der Waals surface area (Å²) in [4.78, 5) is 21.2. The molecule has 1 unspecified atom stereocenters. The lowest BCUT2D eigenvalue weighted by Crippen LogP contribution is -2.39. The van der Waals surface area contributed by atoms with Gasteiger partial charge in [0.25, 0.3) is 0 Å². The van der Waals surface area contributed by atoms with Gasteiger partial charge in [-0.1, -0.05) is 18.6 Å². The van der Waals surface area contributed by atoms with Crippen molar-refractivity contribution in [1.29, 1.82) is 0 Å². The predicted octanol–water partition coefficient (Wildman–Crippen LogP) is -0.608. The number of carbonyl (C=O) groups is 2. The topological polar surface area (TPSA) is 75.6 Å². The molecule has 0 aromatic heterocycles. The van der Waals surface area contributed by atoms with Crippen LogP contribution in [0.2, 0.25) is 0 Å². The molecule has 0 aromatic rings. The summed E-state index contributed by atoms with van der Waals surface area (Å²) in [6, 6.07) is -1.04. The number of terminal acetylenes is 1. The molecule has 0 aliphatic rings. The summed E-state index contributed by atoms with van der Waals surface area (Å²) in [5.74, 6) is 0.301. The Morgan fingerprint density at radius 2 is 2.36 bits per heavy atom. The van der Waals surface area contributed by atoms with Crippen LogP contribution in [-0.4, -0.2) is 36.2 Å². The molecule has 0 saturated heterocycles. The van der Waals surface area contributed by atoms with Gasteiger partial charge in [-0.05, 0) is 0 Å². The van der Waals surface area contributed by atoms with Crippen molar-refractivity contribution >= 4 is 11.9 Å². The third-order valence-electron chi connectivity index (χ3n) is 1.20. The molecule has 76 valence electrons. The number of hydrogen-bond donors (Lipinski definition) is 2. The smallest absolute Gasteiger partial charge is 0.336 e. The van der Waals surface area contributed by atoms with Gasteiger partial charge in [0.2, 0.25) is 0 Å². The normalized spacial score (nSPS) is 11.1. The van der Waals surface area contributed by atoms with Crippen LogP contribution >= 0.6 is 0 Å². The van der Waals surface area contributed by atoms with E-state index >= 15 is 0 Å². The van der Waals surface area contributed by atoms with Crippen molar-refractivity contribution in [3.63, 3.8) is 0 Å². The molecule has 0 aromatic carbocycles. The number of ether oxygens (including phenoxy) is 1. The minimum atomic E-state index is -1.10. The molecule has 14 heavy (non-hydrogen) atoms. The second-order valence-corrected chi connectivity index (χ2v) is 2.29. The molecular formula is C9H11NO4. The summed E-state index contributed by atoms with van der Waals surface area (Å²) in [7, 11) is 0. The molecule has 1 atom stereocenters. The average molecular weight is 197 g/mol. The van der Waals surface area contributed by atoms with Crippen molar-refractivity contribution in [3.8, 4) is 12.3 Å². The second kappa shape index (κ2) is 6.69. The molecule has 0 saturated carbocycles. The van der Waals surface area contributed by atoms with Crippen molar-refractivity contribution < 1.29 is 19.4 Å². The van der Waals surface area contributed by atoms with Crippen molar-refractivity contribution in [2.75, 3.05) is 13.2 Å². The van der Waals surface area contributed by atoms with Crippen molar-refractivity contribution in [1.82, 2.24) is 5.32 Å². The lowest BCUT2D eigenvalue weighted by molar-refractivity contribution is -0.143. The third-order valence-corrected chi connectivity index (χ3v) is 1.20. The first-order valence-electron chi connectivity index (χ1n) is 3.80. The lowest BCUT2D eigenvalue weighted by atomic mass is 10.3. The largest absolute Gasteiger partial charge is 0.480 e. The summed E-state index contributed by atoms with van der Waals surface area (Å²) in [6.45, 7) is 3.01. The van der Waals surface area contributed by atoms with E-state index in [9.17, 15) is 9.59 Å². The first-order chi connectivity index (χ1) is 6.61. The van der Waals surface area contributed by atoms with Crippen LogP contribution in [0.25, 0.3) is 0 Å². The Labute approximate surface area is 81.7 Å². The highest BCUT2D eigenvalue weighted by Gasteiger charge is 2.16. The van der Waals surface area contributed by atoms with E-state index in [1.165, 1.54) is 6.08 Å². The number of nitrogens with one attached hydrogen (secondary N) is 1. The van der Waals surface area contributed by atoms with Crippen LogP contribution in [0.5, 0.6) is 0 Å². The molecule has 0 bridgehead atoms. The van der Waals surface area contributed by atoms with Gasteiger partial charge >= 0.3 is 11.9 Å². The van der Waals surface area contributed by atoms with E-state index in [4.69, 9.17) is 11.5 Å². The standard InChI is InChI=1S/C9H11NO4/c1-3-5-14-9(13)7(4-2)10-6-8(11)12/h2-3,7,10H,1,5-6H2,(H,11,12). The zero-order chi connectivity index (χ0) is 11.0. The highest BCUT2D eigenvalue weighted by molar-refractivity contribution is 5.80. The number of carbonyl (C=O) groups excluding carboxylic acids is 1. The number of carboxylic acid groups (broad SMARTS) is 1. The monoisotopic (exact) mass is 197 g/mol. The molecule has 5 heteroatoms. The molecule has 0 fully saturated rings. The Hall–Kier alpha value is -1.80. The van der Waals surface area contributed by atoms with E-state index in [2.05, 4.69) is 22.6 Å². The number of rotatable bonds is 6. The van der Waals surface area contributed by atoms with Gasteiger partial charge in [-0.3, -0.25) is 10.1 Å². The Kier molecular flexibility index (Phi) is 5.83. The van der Waals surface area contributed by atoms with Gasteiger partial charge in [-0.15, -0.1) is 6.42 Å². The zero-order valence-corrected chi connectivity index (χ0v) is 7.53. The highest BCUT2D eigenvalue weighted by Crippen LogP contribution is 1.87. The maximum absolute atomic E-state index is 11.1. The van der Waals surface area contributed by atoms with Crippen molar-refractivity contribution in [3.05, 3.63) is 12.7 Å². The van der Waals surface area contributed by atoms with Crippen molar-refractivity contribution in [2.45, 2.75) is 6.04 Å². The first-order valence-corrected chi connectivity index (χ1v) is 3.80. The molecule has 5 nitrogen and oxygen atoms in total. The van der Waals surface area contributed by atoms with E-state index in [1.54, 1.807) is 0 Å². The lowest BCUT2D eigenvalue weighted by Gasteiger charge is -2.09. The van der Waals surface area contributed by atoms with Gasteiger partial charge in [-0.25, -0.2) is 4.79 Å². The van der Waals surface area contributed by atoms with Crippen LogP contribution in [0.4, 0.5) is 0 Å². The Morgan fingerprint density at radius 3 is 2.79 bits per heavy atom. The summed E-state index contributed by atoms with van der Waals surface area (Å²) in [5, 5.41) is 10.6. The van der Waals surface area contributed by atoms with Gasteiger partial charge in [0.15, 0.2) is 6.04 Å². The minimum Gasteiger partial charge on any atom is -0.480 e. The number of carboxylic acids is 1. The number of aliphatic carboxylic acids is 1. The minimum absolute atomic E-state index is 0.0474. The maximum Gasteiger partial charge on any atom is 0.336 e. The van der Waals surface area contributed by atoms with E-state index in [0.717, 1.165) is 0 Å². The van der Waals surface area contributed by atoms with Gasteiger partial charge in [-0.2, -0.15) is 0 Å². The quantitative estimate of drug-likeness (QED) is 0.337. The van der Waals surface area contributed by atoms with Crippen LogP contribution in [0.15, 0.2) is 12.7 Å². The summed E-state index contributed by atoms with van der Waals surface area (Å²) in [6.07, 6.45) is 6.39. The summed E-state index contributed by atoms with van der Waals surface area (Å²) in [5.41, 5.74) is 0. The van der Waals surface area contributed by atoms with Crippen LogP contribution < -0.4 is 5.32 Å². The molecule has 0 aliphatic carbocycles. The zero-order valence-electron chi connectivity index (χ0n) is 7.53. The molecule has 0 aliphatic heterocycles. The van der Waals surface area contributed by atoms with Gasteiger partial charge in [0, 0.05) is 0 Å². The van der Waals surface area contributed by atoms with E-state index in [0.29, 0.717) is 0 Å². The molecule has 0 amide bonds. The number of esters is 1. The fraction of sp³-hybridized carbons (Fsp3) is 0.333. The van der Waals surface area contributed by atoms with Gasteiger partial charge < -0.3 is 9.84 Å². The average Bonchev–Trinajstić information content (AvgIpc) is 2.15. The first kappa shape index (κ1) is 12.2. The molecule has 2 N–H and O–H groups in total. The third kappa shape index (κ3) is 4.95. The van der Waals surface area contributed by atoms with Crippen molar-refractivity contribution in [2.24, 2.45) is 0 Å². The Morgan fingerprint density at radius 1 is 1.71 bits per heavy atom. The molecule has 0 rings (SSSR count). The highest BCUT2D eigenvalue weighted by atomic mass is 16.5. The van der Waals surface area contributed by atoms with Crippen LogP contribution in [0.1, 0.15) is 0 Å². The van der Waals surface area contributed by atoms with Gasteiger partial charge in [0.05, 0.1) is 6.54 Å². The van der Waals surface area contributed by atoms with Gasteiger partial charge in [0.1, 0.15) is 6.61 Å². The summed E-state index contributed by atoms with van der Waals surface area (Å²) >= 11 is 0. The maximum atomic E-state index is 11.1. The van der Waals surface area contributed by atoms with E-state index in [-0.39, 0.29) is 6.61 Å². The SMILES string of the molecule is C#CC(NCC(=O)O)C(=O)OCC=C. The van der Waals surface area contributed by atoms with Crippen LogP contribution in [0, 0.1) is 12.3 Å². The molecule has 0 heterocycles. The fourth-order valence-electron chi connectivity index (χ4n) is 0.624. The molecular weight excluding hydrogens is 186 g/mol. The Bertz CT molecular complexity index is 266. The summed E-state index contributed by atoms with van der Waals surface area (Å²) < 4.78 is 4.62. The fourth-order valence-corrected chi connectivity index (χ4v) is 0.624. The molecule has 0 spiro atoms. The van der Waals surface area contributed by atoms with Crippen LogP contribution in [0.3, 0.4) is 0 Å². The second-order valence-electron chi connectivity index (χ2n) is 2.29. The molecule has 0 radical (unpaired) electrons. The Balaban J connectivity index is 4.00. The van der Waals surface area contributed by atoms with E-state index < -0.39 is 24.5 Å².